The highest BCUT2D eigenvalue weighted by Crippen LogP contribution is 2.35. The molecule has 0 aliphatic carbocycles. The Kier molecular flexibility index (Phi) is 6.98. The molecular weight excluding hydrogens is 472 g/mol. The van der Waals surface area contributed by atoms with E-state index in [1.807, 2.05) is 87.1 Å². The minimum absolute atomic E-state index is 0.0961. The van der Waals surface area contributed by atoms with E-state index in [0.717, 1.165) is 52.1 Å². The molecule has 36 heavy (non-hydrogen) atoms. The number of aryl methyl sites for hydroxylation is 1. The molecule has 0 radical (unpaired) electrons. The van der Waals surface area contributed by atoms with Crippen molar-refractivity contribution in [3.63, 3.8) is 0 Å². The fraction of sp³-hybridized carbons (Fsp3) is 0.321. The minimum Gasteiger partial charge on any atom is -0.494 e. The van der Waals surface area contributed by atoms with Gasteiger partial charge in [-0.3, -0.25) is 4.79 Å². The molecule has 5 rings (SSSR count). The van der Waals surface area contributed by atoms with E-state index in [0.29, 0.717) is 11.5 Å². The minimum atomic E-state index is -0.219. The van der Waals surface area contributed by atoms with E-state index >= 15 is 0 Å². The average molecular weight is 503 g/mol. The highest BCUT2D eigenvalue weighted by Gasteiger charge is 2.31. The summed E-state index contributed by atoms with van der Waals surface area (Å²) in [4.78, 5) is 20.0. The first kappa shape index (κ1) is 24.3. The van der Waals surface area contributed by atoms with Gasteiger partial charge < -0.3 is 14.4 Å². The predicted octanol–water partition coefficient (Wildman–Crippen LogP) is 5.33. The van der Waals surface area contributed by atoms with Gasteiger partial charge in [-0.15, -0.1) is 0 Å². The van der Waals surface area contributed by atoms with Crippen LogP contribution in [0, 0.1) is 6.92 Å². The van der Waals surface area contributed by atoms with Crippen LogP contribution in [0.1, 0.15) is 31.9 Å². The summed E-state index contributed by atoms with van der Waals surface area (Å²) in [5.74, 6) is 0.639. The third-order valence-corrected chi connectivity index (χ3v) is 7.14. The second-order valence-corrected chi connectivity index (χ2v) is 10.1. The molecule has 3 aromatic rings. The van der Waals surface area contributed by atoms with E-state index in [2.05, 4.69) is 16.0 Å². The van der Waals surface area contributed by atoms with Crippen molar-refractivity contribution in [2.45, 2.75) is 39.9 Å². The van der Waals surface area contributed by atoms with Crippen molar-refractivity contribution >= 4 is 28.9 Å². The quantitative estimate of drug-likeness (QED) is 0.440. The monoisotopic (exact) mass is 502 g/mol. The predicted molar refractivity (Wildman–Crippen MR) is 144 cm³/mol. The molecule has 0 spiro atoms. The van der Waals surface area contributed by atoms with Gasteiger partial charge in [-0.25, -0.2) is 4.68 Å². The Morgan fingerprint density at radius 3 is 2.58 bits per heavy atom. The van der Waals surface area contributed by atoms with E-state index in [-0.39, 0.29) is 18.1 Å². The number of hydrogen-bond acceptors (Lipinski definition) is 6. The molecule has 1 saturated heterocycles. The highest BCUT2D eigenvalue weighted by molar-refractivity contribution is 8.18. The lowest BCUT2D eigenvalue weighted by molar-refractivity contribution is -0.113. The Labute approximate surface area is 215 Å². The third kappa shape index (κ3) is 5.10. The molecule has 0 N–H and O–H groups in total. The van der Waals surface area contributed by atoms with E-state index in [9.17, 15) is 4.79 Å². The number of amidine groups is 1. The highest BCUT2D eigenvalue weighted by atomic mass is 32.2. The van der Waals surface area contributed by atoms with Crippen LogP contribution < -0.4 is 4.74 Å². The van der Waals surface area contributed by atoms with Crippen LogP contribution in [0.5, 0.6) is 5.75 Å². The molecule has 0 bridgehead atoms. The van der Waals surface area contributed by atoms with Gasteiger partial charge in [0.05, 0.1) is 29.4 Å². The molecular formula is C28H30N4O3S. The lowest BCUT2D eigenvalue weighted by Gasteiger charge is -2.35. The number of aliphatic imine (C=N–C) groups is 1. The number of aromatic nitrogens is 2. The van der Waals surface area contributed by atoms with Gasteiger partial charge >= 0.3 is 0 Å². The number of para-hydroxylation sites is 1. The van der Waals surface area contributed by atoms with Gasteiger partial charge in [0.15, 0.2) is 5.17 Å². The lowest BCUT2D eigenvalue weighted by atomic mass is 10.0. The molecule has 3 heterocycles. The van der Waals surface area contributed by atoms with Gasteiger partial charge in [-0.1, -0.05) is 18.2 Å². The SMILES string of the molecule is CCOc1ccc(-c2nn(-c3ccccc3)cc2/C=C2\SC(N3C[C@@H](C)O[C@@H](C)C3)=NC2=O)cc1C. The largest absolute Gasteiger partial charge is 0.494 e. The van der Waals surface area contributed by atoms with Crippen LogP contribution in [-0.4, -0.2) is 57.7 Å². The van der Waals surface area contributed by atoms with Crippen LogP contribution in [0.15, 0.2) is 64.6 Å². The summed E-state index contributed by atoms with van der Waals surface area (Å²) in [5, 5.41) is 5.65. The first-order chi connectivity index (χ1) is 17.4. The molecule has 0 unspecified atom stereocenters. The molecule has 2 aliphatic rings. The zero-order valence-corrected chi connectivity index (χ0v) is 21.8. The van der Waals surface area contributed by atoms with Crippen molar-refractivity contribution in [2.75, 3.05) is 19.7 Å². The smallest absolute Gasteiger partial charge is 0.286 e. The van der Waals surface area contributed by atoms with E-state index < -0.39 is 0 Å². The number of benzene rings is 2. The summed E-state index contributed by atoms with van der Waals surface area (Å²) < 4.78 is 13.4. The number of thioether (sulfide) groups is 1. The van der Waals surface area contributed by atoms with Crippen molar-refractivity contribution in [3.05, 3.63) is 70.8 Å². The summed E-state index contributed by atoms with van der Waals surface area (Å²) in [6, 6.07) is 16.0. The van der Waals surface area contributed by atoms with Crippen molar-refractivity contribution < 1.29 is 14.3 Å². The number of carbonyl (C=O) groups is 1. The van der Waals surface area contributed by atoms with Gasteiger partial charge in [0, 0.05) is 30.4 Å². The number of amides is 1. The molecule has 8 heteroatoms. The Morgan fingerprint density at radius 2 is 1.89 bits per heavy atom. The third-order valence-electron chi connectivity index (χ3n) is 6.10. The van der Waals surface area contributed by atoms with Crippen molar-refractivity contribution in [1.82, 2.24) is 14.7 Å². The molecule has 2 aromatic carbocycles. The van der Waals surface area contributed by atoms with Crippen molar-refractivity contribution in [2.24, 2.45) is 4.99 Å². The van der Waals surface area contributed by atoms with Crippen LogP contribution in [0.25, 0.3) is 23.0 Å². The number of morpholine rings is 1. The maximum absolute atomic E-state index is 12.9. The molecule has 1 aromatic heterocycles. The number of hydrogen-bond donors (Lipinski definition) is 0. The zero-order valence-electron chi connectivity index (χ0n) is 21.0. The van der Waals surface area contributed by atoms with E-state index in [1.165, 1.54) is 11.8 Å². The molecule has 7 nitrogen and oxygen atoms in total. The number of rotatable bonds is 5. The Balaban J connectivity index is 1.50. The lowest BCUT2D eigenvalue weighted by Crippen LogP contribution is -2.47. The Bertz CT molecular complexity index is 1320. The first-order valence-corrected chi connectivity index (χ1v) is 13.0. The van der Waals surface area contributed by atoms with Crippen LogP contribution in [0.4, 0.5) is 0 Å². The molecule has 186 valence electrons. The summed E-state index contributed by atoms with van der Waals surface area (Å²) >= 11 is 1.42. The first-order valence-electron chi connectivity index (χ1n) is 12.2. The van der Waals surface area contributed by atoms with E-state index in [1.54, 1.807) is 0 Å². The average Bonchev–Trinajstić information content (AvgIpc) is 3.44. The maximum atomic E-state index is 12.9. The fourth-order valence-electron chi connectivity index (χ4n) is 4.55. The summed E-state index contributed by atoms with van der Waals surface area (Å²) in [5.41, 5.74) is 4.61. The summed E-state index contributed by atoms with van der Waals surface area (Å²) in [6.45, 7) is 10.2. The summed E-state index contributed by atoms with van der Waals surface area (Å²) in [6.07, 6.45) is 4.07. The van der Waals surface area contributed by atoms with Crippen LogP contribution >= 0.6 is 11.8 Å². The van der Waals surface area contributed by atoms with Crippen LogP contribution in [0.2, 0.25) is 0 Å². The Morgan fingerprint density at radius 1 is 1.14 bits per heavy atom. The van der Waals surface area contributed by atoms with Gasteiger partial charge in [-0.05, 0) is 81.4 Å². The molecule has 1 fully saturated rings. The van der Waals surface area contributed by atoms with Gasteiger partial charge in [0.1, 0.15) is 11.4 Å². The van der Waals surface area contributed by atoms with Crippen molar-refractivity contribution in [1.29, 1.82) is 0 Å². The van der Waals surface area contributed by atoms with Crippen LogP contribution in [0.3, 0.4) is 0 Å². The van der Waals surface area contributed by atoms with Gasteiger partial charge in [0.2, 0.25) is 0 Å². The topological polar surface area (TPSA) is 68.9 Å². The number of nitrogens with zero attached hydrogens (tertiary/aromatic N) is 4. The Hall–Kier alpha value is -3.36. The number of ether oxygens (including phenoxy) is 2. The second-order valence-electron chi connectivity index (χ2n) is 9.10. The second kappa shape index (κ2) is 10.3. The standard InChI is InChI=1S/C28H30N4O3S/c1-5-34-24-12-11-21(13-18(24)2)26-22(17-32(30-26)23-9-7-6-8-10-23)14-25-27(33)29-28(36-25)31-15-19(3)35-20(4)16-31/h6-14,17,19-20H,5,15-16H2,1-4H3/b25-14-/t19-,20+. The van der Waals surface area contributed by atoms with Gasteiger partial charge in [0.25, 0.3) is 5.91 Å². The molecule has 2 atom stereocenters. The van der Waals surface area contributed by atoms with Crippen LogP contribution in [-0.2, 0) is 9.53 Å². The molecule has 0 saturated carbocycles. The normalized spacial score (nSPS) is 21.2. The number of carbonyl (C=O) groups excluding carboxylic acids is 1. The molecule has 1 amide bonds. The maximum Gasteiger partial charge on any atom is 0.286 e. The summed E-state index contributed by atoms with van der Waals surface area (Å²) in [7, 11) is 0. The zero-order chi connectivity index (χ0) is 25.2. The fourth-order valence-corrected chi connectivity index (χ4v) is 5.48. The molecule has 2 aliphatic heterocycles. The van der Waals surface area contributed by atoms with E-state index in [4.69, 9.17) is 14.6 Å². The van der Waals surface area contributed by atoms with Crippen molar-refractivity contribution in [3.8, 4) is 22.7 Å². The van der Waals surface area contributed by atoms with Gasteiger partial charge in [-0.2, -0.15) is 10.1 Å².